The molecule has 110 valence electrons. The number of carbonyl (C=O) groups excluding carboxylic acids is 1. The topological polar surface area (TPSA) is 55.1 Å². The van der Waals surface area contributed by atoms with E-state index in [1.807, 2.05) is 13.8 Å². The third-order valence-electron chi connectivity index (χ3n) is 3.73. The molecule has 6 heteroatoms. The molecule has 3 N–H and O–H groups in total. The fourth-order valence-corrected chi connectivity index (χ4v) is 2.24. The number of nitrogens with two attached hydrogens (primary N) is 1. The lowest BCUT2D eigenvalue weighted by Crippen LogP contribution is -2.18. The lowest BCUT2D eigenvalue weighted by atomic mass is 10.1. The van der Waals surface area contributed by atoms with Crippen LogP contribution in [0.25, 0.3) is 0 Å². The zero-order valence-corrected chi connectivity index (χ0v) is 11.3. The van der Waals surface area contributed by atoms with Crippen LogP contribution in [0.2, 0.25) is 0 Å². The Bertz CT molecular complexity index is 538. The summed E-state index contributed by atoms with van der Waals surface area (Å²) in [5.74, 6) is -0.366. The van der Waals surface area contributed by atoms with Gasteiger partial charge in [-0.15, -0.1) is 0 Å². The molecule has 1 atom stereocenters. The molecule has 0 heterocycles. The van der Waals surface area contributed by atoms with Gasteiger partial charge in [-0.2, -0.15) is 13.2 Å². The minimum absolute atomic E-state index is 0.0160. The van der Waals surface area contributed by atoms with Gasteiger partial charge < -0.3 is 11.1 Å². The third-order valence-corrected chi connectivity index (χ3v) is 3.73. The van der Waals surface area contributed by atoms with Gasteiger partial charge in [-0.05, 0) is 29.5 Å². The van der Waals surface area contributed by atoms with Crippen LogP contribution in [0.1, 0.15) is 31.4 Å². The van der Waals surface area contributed by atoms with Crippen molar-refractivity contribution in [2.75, 3.05) is 5.32 Å². The van der Waals surface area contributed by atoms with Gasteiger partial charge in [0.15, 0.2) is 0 Å². The molecule has 0 saturated heterocycles. The predicted molar refractivity (Wildman–Crippen MR) is 69.9 cm³/mol. The number of anilines is 1. The van der Waals surface area contributed by atoms with Crippen LogP contribution in [-0.4, -0.2) is 5.91 Å². The second-order valence-corrected chi connectivity index (χ2v) is 5.81. The summed E-state index contributed by atoms with van der Waals surface area (Å²) in [6.45, 7) is 3.71. The predicted octanol–water partition coefficient (Wildman–Crippen LogP) is 3.15. The molecule has 0 aliphatic heterocycles. The van der Waals surface area contributed by atoms with Crippen molar-refractivity contribution >= 4 is 11.6 Å². The molecule has 0 radical (unpaired) electrons. The fourth-order valence-electron chi connectivity index (χ4n) is 2.24. The zero-order valence-electron chi connectivity index (χ0n) is 11.3. The molecule has 1 aliphatic carbocycles. The van der Waals surface area contributed by atoms with Crippen molar-refractivity contribution < 1.29 is 18.0 Å². The van der Waals surface area contributed by atoms with E-state index in [4.69, 9.17) is 5.73 Å². The van der Waals surface area contributed by atoms with E-state index in [0.29, 0.717) is 0 Å². The van der Waals surface area contributed by atoms with Crippen LogP contribution in [0.15, 0.2) is 18.2 Å². The number of amides is 1. The van der Waals surface area contributed by atoms with Gasteiger partial charge in [0.25, 0.3) is 0 Å². The van der Waals surface area contributed by atoms with Crippen molar-refractivity contribution in [3.63, 3.8) is 0 Å². The summed E-state index contributed by atoms with van der Waals surface area (Å²) in [5.41, 5.74) is 4.62. The summed E-state index contributed by atoms with van der Waals surface area (Å²) < 4.78 is 38.6. The van der Waals surface area contributed by atoms with Crippen LogP contribution < -0.4 is 11.1 Å². The van der Waals surface area contributed by atoms with Crippen molar-refractivity contribution in [3.05, 3.63) is 29.3 Å². The summed E-state index contributed by atoms with van der Waals surface area (Å²) in [7, 11) is 0. The van der Waals surface area contributed by atoms with E-state index < -0.39 is 11.7 Å². The van der Waals surface area contributed by atoms with Crippen LogP contribution in [0, 0.1) is 11.3 Å². The Morgan fingerprint density at radius 1 is 1.45 bits per heavy atom. The number of halogens is 3. The molecular weight excluding hydrogens is 269 g/mol. The van der Waals surface area contributed by atoms with Crippen molar-refractivity contribution in [3.8, 4) is 0 Å². The molecular formula is C14H17F3N2O. The molecule has 0 aromatic heterocycles. The first-order chi connectivity index (χ1) is 9.15. The lowest BCUT2D eigenvalue weighted by Gasteiger charge is -2.14. The van der Waals surface area contributed by atoms with Gasteiger partial charge in [0, 0.05) is 18.2 Å². The van der Waals surface area contributed by atoms with E-state index in [2.05, 4.69) is 5.32 Å². The first kappa shape index (κ1) is 14.8. The third kappa shape index (κ3) is 2.95. The summed E-state index contributed by atoms with van der Waals surface area (Å²) in [5, 5.41) is 2.54. The molecule has 1 saturated carbocycles. The van der Waals surface area contributed by atoms with E-state index in [1.54, 1.807) is 0 Å². The molecule has 1 aliphatic rings. The first-order valence-corrected chi connectivity index (χ1v) is 6.36. The van der Waals surface area contributed by atoms with E-state index in [9.17, 15) is 18.0 Å². The van der Waals surface area contributed by atoms with Gasteiger partial charge in [-0.3, -0.25) is 4.79 Å². The molecule has 20 heavy (non-hydrogen) atoms. The minimum Gasteiger partial charge on any atom is -0.326 e. The maximum absolute atomic E-state index is 12.9. The number of carbonyl (C=O) groups is 1. The SMILES string of the molecule is CC1(C)CC1C(=O)Nc1ccc(CN)c(C(F)(F)F)c1. The minimum atomic E-state index is -4.48. The number of benzene rings is 1. The van der Waals surface area contributed by atoms with Gasteiger partial charge in [0.2, 0.25) is 5.91 Å². The van der Waals surface area contributed by atoms with Crippen LogP contribution in [0.4, 0.5) is 18.9 Å². The molecule has 1 aromatic carbocycles. The van der Waals surface area contributed by atoms with Crippen LogP contribution in [0.5, 0.6) is 0 Å². The molecule has 1 aromatic rings. The summed E-state index contributed by atoms with van der Waals surface area (Å²) in [6.07, 6.45) is -3.72. The molecule has 2 rings (SSSR count). The quantitative estimate of drug-likeness (QED) is 0.896. The Balaban J connectivity index is 2.20. The maximum atomic E-state index is 12.9. The van der Waals surface area contributed by atoms with E-state index in [0.717, 1.165) is 12.5 Å². The lowest BCUT2D eigenvalue weighted by molar-refractivity contribution is -0.138. The van der Waals surface area contributed by atoms with Gasteiger partial charge in [-0.25, -0.2) is 0 Å². The van der Waals surface area contributed by atoms with Crippen molar-refractivity contribution in [2.24, 2.45) is 17.1 Å². The molecule has 0 bridgehead atoms. The average molecular weight is 286 g/mol. The van der Waals surface area contributed by atoms with E-state index in [1.165, 1.54) is 12.1 Å². The van der Waals surface area contributed by atoms with Crippen molar-refractivity contribution in [2.45, 2.75) is 33.0 Å². The highest BCUT2D eigenvalue weighted by molar-refractivity contribution is 5.95. The number of alkyl halides is 3. The first-order valence-electron chi connectivity index (χ1n) is 6.36. The molecule has 3 nitrogen and oxygen atoms in total. The smallest absolute Gasteiger partial charge is 0.326 e. The van der Waals surface area contributed by atoms with Crippen LogP contribution in [-0.2, 0) is 17.5 Å². The van der Waals surface area contributed by atoms with Crippen molar-refractivity contribution in [1.29, 1.82) is 0 Å². The highest BCUT2D eigenvalue weighted by Gasteiger charge is 2.50. The van der Waals surface area contributed by atoms with Gasteiger partial charge in [0.1, 0.15) is 0 Å². The zero-order chi connectivity index (χ0) is 15.1. The monoisotopic (exact) mass is 286 g/mol. The summed E-state index contributed by atoms with van der Waals surface area (Å²) in [6, 6.07) is 3.69. The fraction of sp³-hybridized carbons (Fsp3) is 0.500. The van der Waals surface area contributed by atoms with Crippen LogP contribution >= 0.6 is 0 Å². The molecule has 1 amide bonds. The molecule has 0 spiro atoms. The Hall–Kier alpha value is -1.56. The Kier molecular flexibility index (Phi) is 3.54. The number of nitrogens with one attached hydrogen (secondary N) is 1. The summed E-state index contributed by atoms with van der Waals surface area (Å²) in [4.78, 5) is 11.9. The number of hydrogen-bond acceptors (Lipinski definition) is 2. The van der Waals surface area contributed by atoms with E-state index >= 15 is 0 Å². The highest BCUT2D eigenvalue weighted by Crippen LogP contribution is 2.52. The highest BCUT2D eigenvalue weighted by atomic mass is 19.4. The Labute approximate surface area is 115 Å². The second-order valence-electron chi connectivity index (χ2n) is 5.81. The summed E-state index contributed by atoms with van der Waals surface area (Å²) >= 11 is 0. The molecule has 1 fully saturated rings. The standard InChI is InChI=1S/C14H17F3N2O/c1-13(2)6-11(13)12(20)19-9-4-3-8(7-18)10(5-9)14(15,16)17/h3-5,11H,6-7,18H2,1-2H3,(H,19,20). The van der Waals surface area contributed by atoms with Crippen LogP contribution in [0.3, 0.4) is 0 Å². The van der Waals surface area contributed by atoms with Gasteiger partial charge in [0.05, 0.1) is 5.56 Å². The number of hydrogen-bond donors (Lipinski definition) is 2. The van der Waals surface area contributed by atoms with Crippen molar-refractivity contribution in [1.82, 2.24) is 0 Å². The average Bonchev–Trinajstić information content (AvgIpc) is 2.97. The van der Waals surface area contributed by atoms with Gasteiger partial charge in [-0.1, -0.05) is 19.9 Å². The maximum Gasteiger partial charge on any atom is 0.416 e. The normalized spacial score (nSPS) is 20.6. The largest absolute Gasteiger partial charge is 0.416 e. The number of rotatable bonds is 3. The van der Waals surface area contributed by atoms with Gasteiger partial charge >= 0.3 is 6.18 Å². The van der Waals surface area contributed by atoms with E-state index in [-0.39, 0.29) is 35.0 Å². The molecule has 1 unspecified atom stereocenters. The second kappa shape index (κ2) is 4.77. The Morgan fingerprint density at radius 2 is 2.05 bits per heavy atom. The Morgan fingerprint density at radius 3 is 2.50 bits per heavy atom.